The number of likely N-dealkylation sites (tertiary alicyclic amines) is 1. The van der Waals surface area contributed by atoms with Gasteiger partial charge < -0.3 is 23.9 Å². The SMILES string of the molecule is COc1cc(C2=NOC(C(=O)N3CCCCC3)C2)cc(OC)c1OC. The van der Waals surface area contributed by atoms with Crippen molar-refractivity contribution in [2.75, 3.05) is 34.4 Å². The van der Waals surface area contributed by atoms with Crippen LogP contribution in [0.3, 0.4) is 0 Å². The molecule has 1 amide bonds. The number of carbonyl (C=O) groups is 1. The highest BCUT2D eigenvalue weighted by Crippen LogP contribution is 2.39. The van der Waals surface area contributed by atoms with Gasteiger partial charge in [-0.25, -0.2) is 0 Å². The van der Waals surface area contributed by atoms with Crippen molar-refractivity contribution in [3.8, 4) is 17.2 Å². The van der Waals surface area contributed by atoms with Gasteiger partial charge in [0.15, 0.2) is 11.5 Å². The van der Waals surface area contributed by atoms with E-state index >= 15 is 0 Å². The van der Waals surface area contributed by atoms with Gasteiger partial charge in [0.25, 0.3) is 5.91 Å². The third kappa shape index (κ3) is 3.50. The molecule has 0 bridgehead atoms. The number of nitrogens with zero attached hydrogens (tertiary/aromatic N) is 2. The molecule has 1 aromatic carbocycles. The predicted molar refractivity (Wildman–Crippen MR) is 92.6 cm³/mol. The standard InChI is InChI=1S/C18H24N2O5/c1-22-14-9-12(10-15(23-2)17(14)24-3)13-11-16(25-19-13)18(21)20-7-5-4-6-8-20/h9-10,16H,4-8,11H2,1-3H3. The number of amides is 1. The van der Waals surface area contributed by atoms with E-state index in [0.29, 0.717) is 29.4 Å². The summed E-state index contributed by atoms with van der Waals surface area (Å²) < 4.78 is 16.1. The quantitative estimate of drug-likeness (QED) is 0.816. The van der Waals surface area contributed by atoms with Crippen LogP contribution in [0.4, 0.5) is 0 Å². The maximum atomic E-state index is 12.6. The highest BCUT2D eigenvalue weighted by molar-refractivity contribution is 6.04. The van der Waals surface area contributed by atoms with Gasteiger partial charge in [-0.1, -0.05) is 5.16 Å². The number of methoxy groups -OCH3 is 3. The molecule has 1 aromatic rings. The lowest BCUT2D eigenvalue weighted by atomic mass is 10.0. The van der Waals surface area contributed by atoms with Crippen LogP contribution in [0.5, 0.6) is 17.2 Å². The molecule has 1 fully saturated rings. The van der Waals surface area contributed by atoms with Gasteiger partial charge in [-0.3, -0.25) is 4.79 Å². The summed E-state index contributed by atoms with van der Waals surface area (Å²) in [5, 5.41) is 4.13. The monoisotopic (exact) mass is 348 g/mol. The predicted octanol–water partition coefficient (Wildman–Crippen LogP) is 2.22. The highest BCUT2D eigenvalue weighted by Gasteiger charge is 2.33. The minimum atomic E-state index is -0.549. The first-order valence-electron chi connectivity index (χ1n) is 8.49. The molecule has 136 valence electrons. The Balaban J connectivity index is 1.76. The number of hydrogen-bond acceptors (Lipinski definition) is 6. The maximum Gasteiger partial charge on any atom is 0.266 e. The van der Waals surface area contributed by atoms with E-state index in [1.165, 1.54) is 6.42 Å². The van der Waals surface area contributed by atoms with Crippen molar-refractivity contribution in [2.24, 2.45) is 5.16 Å². The molecule has 0 spiro atoms. The largest absolute Gasteiger partial charge is 0.493 e. The highest BCUT2D eigenvalue weighted by atomic mass is 16.6. The molecule has 25 heavy (non-hydrogen) atoms. The Kier molecular flexibility index (Phi) is 5.31. The van der Waals surface area contributed by atoms with E-state index in [2.05, 4.69) is 5.16 Å². The van der Waals surface area contributed by atoms with Gasteiger partial charge in [0.2, 0.25) is 11.9 Å². The summed E-state index contributed by atoms with van der Waals surface area (Å²) in [6.45, 7) is 1.61. The molecule has 0 aromatic heterocycles. The molecule has 0 saturated carbocycles. The van der Waals surface area contributed by atoms with Crippen LogP contribution in [0, 0.1) is 0 Å². The number of carbonyl (C=O) groups excluding carboxylic acids is 1. The van der Waals surface area contributed by atoms with Crippen molar-refractivity contribution >= 4 is 11.6 Å². The molecule has 1 unspecified atom stereocenters. The zero-order chi connectivity index (χ0) is 17.8. The van der Waals surface area contributed by atoms with Crippen molar-refractivity contribution in [3.63, 3.8) is 0 Å². The van der Waals surface area contributed by atoms with Crippen molar-refractivity contribution in [3.05, 3.63) is 17.7 Å². The Labute approximate surface area is 147 Å². The van der Waals surface area contributed by atoms with Crippen molar-refractivity contribution in [1.82, 2.24) is 4.90 Å². The molecule has 7 nitrogen and oxygen atoms in total. The molecule has 1 atom stereocenters. The van der Waals surface area contributed by atoms with Gasteiger partial charge in [-0.15, -0.1) is 0 Å². The number of piperidine rings is 1. The van der Waals surface area contributed by atoms with Gasteiger partial charge >= 0.3 is 0 Å². The minimum Gasteiger partial charge on any atom is -0.493 e. The second-order valence-electron chi connectivity index (χ2n) is 6.14. The molecule has 0 radical (unpaired) electrons. The van der Waals surface area contributed by atoms with E-state index in [9.17, 15) is 4.79 Å². The van der Waals surface area contributed by atoms with Crippen molar-refractivity contribution in [2.45, 2.75) is 31.8 Å². The summed E-state index contributed by atoms with van der Waals surface area (Å²) >= 11 is 0. The van der Waals surface area contributed by atoms with E-state index in [-0.39, 0.29) is 5.91 Å². The van der Waals surface area contributed by atoms with E-state index in [1.807, 2.05) is 17.0 Å². The van der Waals surface area contributed by atoms with Crippen molar-refractivity contribution < 1.29 is 23.8 Å². The van der Waals surface area contributed by atoms with E-state index < -0.39 is 6.10 Å². The zero-order valence-electron chi connectivity index (χ0n) is 14.9. The van der Waals surface area contributed by atoms with Crippen LogP contribution in [0.2, 0.25) is 0 Å². The summed E-state index contributed by atoms with van der Waals surface area (Å²) in [5.41, 5.74) is 1.50. The van der Waals surface area contributed by atoms with Gasteiger partial charge in [-0.05, 0) is 31.4 Å². The average molecular weight is 348 g/mol. The summed E-state index contributed by atoms with van der Waals surface area (Å²) in [5.74, 6) is 1.64. The van der Waals surface area contributed by atoms with Crippen molar-refractivity contribution in [1.29, 1.82) is 0 Å². The first-order chi connectivity index (χ1) is 12.2. The topological polar surface area (TPSA) is 69.6 Å². The van der Waals surface area contributed by atoms with Crippen LogP contribution >= 0.6 is 0 Å². The Morgan fingerprint density at radius 3 is 2.28 bits per heavy atom. The Morgan fingerprint density at radius 2 is 1.72 bits per heavy atom. The summed E-state index contributed by atoms with van der Waals surface area (Å²) in [4.78, 5) is 19.9. The molecular formula is C18H24N2O5. The fourth-order valence-electron chi connectivity index (χ4n) is 3.25. The second kappa shape index (κ2) is 7.63. The smallest absolute Gasteiger partial charge is 0.266 e. The third-order valence-corrected chi connectivity index (χ3v) is 4.61. The van der Waals surface area contributed by atoms with Gasteiger partial charge in [0.1, 0.15) is 0 Å². The van der Waals surface area contributed by atoms with E-state index in [1.54, 1.807) is 21.3 Å². The zero-order valence-corrected chi connectivity index (χ0v) is 14.9. The minimum absolute atomic E-state index is 0.0193. The molecule has 0 aliphatic carbocycles. The van der Waals surface area contributed by atoms with Crippen LogP contribution < -0.4 is 14.2 Å². The van der Waals surface area contributed by atoms with Crippen LogP contribution in [0.1, 0.15) is 31.2 Å². The molecule has 2 aliphatic rings. The summed E-state index contributed by atoms with van der Waals surface area (Å²) in [6, 6.07) is 3.63. The lowest BCUT2D eigenvalue weighted by molar-refractivity contribution is -0.143. The van der Waals surface area contributed by atoms with Crippen LogP contribution in [-0.4, -0.2) is 57.0 Å². The fraction of sp³-hybridized carbons (Fsp3) is 0.556. The maximum absolute atomic E-state index is 12.6. The molecule has 1 saturated heterocycles. The number of rotatable bonds is 5. The number of ether oxygens (including phenoxy) is 3. The lowest BCUT2D eigenvalue weighted by Gasteiger charge is -2.28. The molecule has 0 N–H and O–H groups in total. The summed E-state index contributed by atoms with van der Waals surface area (Å²) in [6.07, 6.45) is 3.18. The molecule has 7 heteroatoms. The van der Waals surface area contributed by atoms with Crippen LogP contribution in [0.15, 0.2) is 17.3 Å². The first-order valence-corrected chi connectivity index (χ1v) is 8.49. The number of hydrogen-bond donors (Lipinski definition) is 0. The lowest BCUT2D eigenvalue weighted by Crippen LogP contribution is -2.42. The molecular weight excluding hydrogens is 324 g/mol. The Bertz CT molecular complexity index is 642. The average Bonchev–Trinajstić information content (AvgIpc) is 3.17. The fourth-order valence-corrected chi connectivity index (χ4v) is 3.25. The van der Waals surface area contributed by atoms with Gasteiger partial charge in [-0.2, -0.15) is 0 Å². The van der Waals surface area contributed by atoms with E-state index in [0.717, 1.165) is 31.5 Å². The second-order valence-corrected chi connectivity index (χ2v) is 6.14. The number of oxime groups is 1. The van der Waals surface area contributed by atoms with Gasteiger partial charge in [0.05, 0.1) is 27.0 Å². The molecule has 2 heterocycles. The summed E-state index contributed by atoms with van der Waals surface area (Å²) in [7, 11) is 4.69. The Morgan fingerprint density at radius 1 is 1.08 bits per heavy atom. The first kappa shape index (κ1) is 17.4. The normalized spacial score (nSPS) is 19.9. The van der Waals surface area contributed by atoms with E-state index in [4.69, 9.17) is 19.0 Å². The Hall–Kier alpha value is -2.44. The van der Waals surface area contributed by atoms with Crippen LogP contribution in [0.25, 0.3) is 0 Å². The molecule has 3 rings (SSSR count). The van der Waals surface area contributed by atoms with Crippen LogP contribution in [-0.2, 0) is 9.63 Å². The number of benzene rings is 1. The van der Waals surface area contributed by atoms with Gasteiger partial charge in [0, 0.05) is 25.1 Å². The molecule has 2 aliphatic heterocycles. The third-order valence-electron chi connectivity index (χ3n) is 4.61.